The molecule has 0 aliphatic carbocycles. The van der Waals surface area contributed by atoms with Crippen LogP contribution in [-0.2, 0) is 0 Å². The fourth-order valence-corrected chi connectivity index (χ4v) is 3.45. The smallest absolute Gasteiger partial charge is 0.153 e. The Kier molecular flexibility index (Phi) is 3.50. The Morgan fingerprint density at radius 3 is 2.33 bits per heavy atom. The molecular weight excluding hydrogens is 275 g/mol. The first-order chi connectivity index (χ1) is 6.79. The van der Waals surface area contributed by atoms with Crippen LogP contribution >= 0.6 is 15.9 Å². The third-order valence-electron chi connectivity index (χ3n) is 2.43. The topological polar surface area (TPSA) is 17.1 Å². The van der Waals surface area contributed by atoms with E-state index in [4.69, 9.17) is 0 Å². The Balaban J connectivity index is 3.58. The van der Waals surface area contributed by atoms with Crippen molar-refractivity contribution in [3.63, 3.8) is 0 Å². The van der Waals surface area contributed by atoms with Crippen LogP contribution in [0.15, 0.2) is 10.5 Å². The summed E-state index contributed by atoms with van der Waals surface area (Å²) in [6.07, 6.45) is 0.596. The van der Waals surface area contributed by atoms with Crippen molar-refractivity contribution in [1.82, 2.24) is 0 Å². The summed E-state index contributed by atoms with van der Waals surface area (Å²) in [5.41, 5.74) is 0.853. The van der Waals surface area contributed by atoms with Gasteiger partial charge < -0.3 is 0 Å². The van der Waals surface area contributed by atoms with Crippen molar-refractivity contribution < 1.29 is 9.18 Å². The van der Waals surface area contributed by atoms with Crippen LogP contribution in [0.2, 0.25) is 19.6 Å². The summed E-state index contributed by atoms with van der Waals surface area (Å²) in [7, 11) is -1.74. The molecule has 1 rings (SSSR count). The molecule has 0 heterocycles. The molecule has 0 bridgehead atoms. The van der Waals surface area contributed by atoms with E-state index in [2.05, 4.69) is 35.6 Å². The van der Waals surface area contributed by atoms with Crippen molar-refractivity contribution in [3.05, 3.63) is 27.5 Å². The SMILES string of the molecule is Cc1c(Br)cc([Si](C)(C)C)c(F)c1C=O. The van der Waals surface area contributed by atoms with Gasteiger partial charge >= 0.3 is 0 Å². The number of rotatable bonds is 2. The van der Waals surface area contributed by atoms with Gasteiger partial charge in [0, 0.05) is 4.47 Å². The molecule has 15 heavy (non-hydrogen) atoms. The van der Waals surface area contributed by atoms with Crippen LogP contribution in [0.4, 0.5) is 4.39 Å². The number of halogens is 2. The first kappa shape index (κ1) is 12.6. The summed E-state index contributed by atoms with van der Waals surface area (Å²) >= 11 is 3.36. The molecule has 0 spiro atoms. The number of hydrogen-bond acceptors (Lipinski definition) is 1. The Hall–Kier alpha value is -0.483. The highest BCUT2D eigenvalue weighted by Crippen LogP contribution is 2.22. The molecule has 1 nitrogen and oxygen atoms in total. The van der Waals surface area contributed by atoms with Crippen LogP contribution in [0.1, 0.15) is 15.9 Å². The van der Waals surface area contributed by atoms with Gasteiger partial charge in [0.15, 0.2) is 6.29 Å². The fourth-order valence-electron chi connectivity index (χ4n) is 1.42. The molecule has 0 saturated heterocycles. The molecule has 0 radical (unpaired) electrons. The lowest BCUT2D eigenvalue weighted by molar-refractivity contribution is 0.111. The molecule has 1 aromatic carbocycles. The minimum atomic E-state index is -1.74. The Labute approximate surface area is 98.8 Å². The average Bonchev–Trinajstić information content (AvgIpc) is 2.10. The van der Waals surface area contributed by atoms with Gasteiger partial charge in [-0.05, 0) is 23.7 Å². The summed E-state index contributed by atoms with van der Waals surface area (Å²) in [6.45, 7) is 7.91. The van der Waals surface area contributed by atoms with E-state index < -0.39 is 8.07 Å². The second-order valence-corrected chi connectivity index (χ2v) is 10.5. The molecule has 4 heteroatoms. The molecule has 0 saturated carbocycles. The van der Waals surface area contributed by atoms with Crippen molar-refractivity contribution >= 4 is 35.5 Å². The van der Waals surface area contributed by atoms with E-state index >= 15 is 0 Å². The predicted molar refractivity (Wildman–Crippen MR) is 67.2 cm³/mol. The van der Waals surface area contributed by atoms with Gasteiger partial charge in [0.2, 0.25) is 0 Å². The van der Waals surface area contributed by atoms with Crippen LogP contribution in [0.25, 0.3) is 0 Å². The van der Waals surface area contributed by atoms with Gasteiger partial charge in [0.05, 0.1) is 13.6 Å². The Morgan fingerprint density at radius 1 is 1.40 bits per heavy atom. The molecule has 82 valence electrons. The Bertz CT molecular complexity index is 410. The maximum Gasteiger partial charge on any atom is 0.153 e. The highest BCUT2D eigenvalue weighted by molar-refractivity contribution is 9.10. The van der Waals surface area contributed by atoms with Crippen molar-refractivity contribution in [2.75, 3.05) is 0 Å². The lowest BCUT2D eigenvalue weighted by Gasteiger charge is -2.20. The molecule has 0 N–H and O–H groups in total. The molecule has 0 aliphatic rings. The van der Waals surface area contributed by atoms with Crippen LogP contribution in [0.3, 0.4) is 0 Å². The van der Waals surface area contributed by atoms with Gasteiger partial charge in [-0.25, -0.2) is 4.39 Å². The first-order valence-electron chi connectivity index (χ1n) is 4.73. The van der Waals surface area contributed by atoms with E-state index in [1.807, 2.05) is 6.07 Å². The van der Waals surface area contributed by atoms with Crippen molar-refractivity contribution in [3.8, 4) is 0 Å². The highest BCUT2D eigenvalue weighted by atomic mass is 79.9. The lowest BCUT2D eigenvalue weighted by Crippen LogP contribution is -2.41. The third-order valence-corrected chi connectivity index (χ3v) is 5.24. The molecule has 0 aliphatic heterocycles. The highest BCUT2D eigenvalue weighted by Gasteiger charge is 2.24. The molecule has 1 aromatic rings. The Morgan fingerprint density at radius 2 is 1.93 bits per heavy atom. The maximum atomic E-state index is 14.0. The van der Waals surface area contributed by atoms with E-state index in [0.29, 0.717) is 17.0 Å². The predicted octanol–water partition coefficient (Wildman–Crippen LogP) is 3.25. The maximum absolute atomic E-state index is 14.0. The monoisotopic (exact) mass is 288 g/mol. The van der Waals surface area contributed by atoms with Crippen LogP contribution < -0.4 is 5.19 Å². The number of carbonyl (C=O) groups excluding carboxylic acids is 1. The summed E-state index contributed by atoms with van der Waals surface area (Å²) in [4.78, 5) is 10.8. The number of aldehydes is 1. The van der Waals surface area contributed by atoms with Gasteiger partial charge in [-0.2, -0.15) is 0 Å². The zero-order valence-electron chi connectivity index (χ0n) is 9.32. The molecule has 0 amide bonds. The number of benzene rings is 1. The molecule has 0 atom stereocenters. The zero-order valence-corrected chi connectivity index (χ0v) is 11.9. The van der Waals surface area contributed by atoms with Gasteiger partial charge in [-0.15, -0.1) is 0 Å². The minimum Gasteiger partial charge on any atom is -0.298 e. The second kappa shape index (κ2) is 4.18. The molecule has 0 fully saturated rings. The minimum absolute atomic E-state index is 0.182. The van der Waals surface area contributed by atoms with Crippen molar-refractivity contribution in [1.29, 1.82) is 0 Å². The van der Waals surface area contributed by atoms with E-state index in [1.165, 1.54) is 0 Å². The summed E-state index contributed by atoms with van der Waals surface area (Å²) in [6, 6.07) is 1.81. The second-order valence-electron chi connectivity index (χ2n) is 4.63. The summed E-state index contributed by atoms with van der Waals surface area (Å²) in [5, 5.41) is 0.696. The number of hydrogen-bond donors (Lipinski definition) is 0. The van der Waals surface area contributed by atoms with Crippen LogP contribution in [0, 0.1) is 12.7 Å². The van der Waals surface area contributed by atoms with Crippen molar-refractivity contribution in [2.24, 2.45) is 0 Å². The molecule has 0 aromatic heterocycles. The molecular formula is C11H14BrFOSi. The van der Waals surface area contributed by atoms with Crippen LogP contribution in [0.5, 0.6) is 0 Å². The van der Waals surface area contributed by atoms with E-state index in [9.17, 15) is 9.18 Å². The van der Waals surface area contributed by atoms with Crippen molar-refractivity contribution in [2.45, 2.75) is 26.6 Å². The number of carbonyl (C=O) groups is 1. The van der Waals surface area contributed by atoms with Crippen LogP contribution in [-0.4, -0.2) is 14.4 Å². The summed E-state index contributed by atoms with van der Waals surface area (Å²) in [5.74, 6) is -0.343. The van der Waals surface area contributed by atoms with Gasteiger partial charge in [0.25, 0.3) is 0 Å². The zero-order chi connectivity index (χ0) is 11.8. The molecule has 0 unspecified atom stereocenters. The first-order valence-corrected chi connectivity index (χ1v) is 9.02. The summed E-state index contributed by atoms with van der Waals surface area (Å²) < 4.78 is 14.8. The van der Waals surface area contributed by atoms with Gasteiger partial charge in [-0.3, -0.25) is 4.79 Å². The largest absolute Gasteiger partial charge is 0.298 e. The fraction of sp³-hybridized carbons (Fsp3) is 0.364. The normalized spacial score (nSPS) is 11.6. The van der Waals surface area contributed by atoms with Gasteiger partial charge in [0.1, 0.15) is 5.82 Å². The lowest BCUT2D eigenvalue weighted by atomic mass is 10.1. The van der Waals surface area contributed by atoms with E-state index in [0.717, 1.165) is 4.47 Å². The van der Waals surface area contributed by atoms with E-state index in [-0.39, 0.29) is 11.4 Å². The quantitative estimate of drug-likeness (QED) is 0.603. The average molecular weight is 289 g/mol. The van der Waals surface area contributed by atoms with E-state index in [1.54, 1.807) is 6.92 Å². The van der Waals surface area contributed by atoms with Gasteiger partial charge in [-0.1, -0.05) is 35.6 Å². The standard InChI is InChI=1S/C11H14BrFOSi/c1-7-8(6-14)11(13)10(5-9(7)12)15(2,3)4/h5-6H,1-4H3. The third kappa shape index (κ3) is 2.37.